The Morgan fingerprint density at radius 2 is 1.96 bits per heavy atom. The number of piperidine rings is 1. The average Bonchev–Trinajstić information content (AvgIpc) is 2.56. The Balaban J connectivity index is 2.20. The van der Waals surface area contributed by atoms with Gasteiger partial charge in [-0.15, -0.1) is 0 Å². The van der Waals surface area contributed by atoms with Crippen molar-refractivity contribution in [2.45, 2.75) is 24.7 Å². The molecule has 1 aromatic rings. The first-order valence-corrected chi connectivity index (χ1v) is 9.73. The molecule has 0 aliphatic carbocycles. The molecule has 8 heteroatoms. The third-order valence-electron chi connectivity index (χ3n) is 4.49. The van der Waals surface area contributed by atoms with E-state index in [1.807, 2.05) is 0 Å². The first kappa shape index (κ1) is 19.5. The summed E-state index contributed by atoms with van der Waals surface area (Å²) in [5.74, 6) is 0.460. The molecule has 0 aromatic heterocycles. The second-order valence-corrected chi connectivity index (χ2v) is 8.40. The van der Waals surface area contributed by atoms with Crippen LogP contribution in [0.15, 0.2) is 17.0 Å². The summed E-state index contributed by atoms with van der Waals surface area (Å²) in [5.41, 5.74) is 0.409. The SMILES string of the molecule is COCC1(CNS(=O)(=O)c2cc(Cl)c(OC)cc2C)CCNCC1. The summed E-state index contributed by atoms with van der Waals surface area (Å²) in [5, 5.41) is 3.57. The Labute approximate surface area is 148 Å². The molecule has 1 aromatic carbocycles. The lowest BCUT2D eigenvalue weighted by Gasteiger charge is -2.37. The van der Waals surface area contributed by atoms with Gasteiger partial charge < -0.3 is 14.8 Å². The lowest BCUT2D eigenvalue weighted by Crippen LogP contribution is -2.47. The molecule has 136 valence electrons. The number of hydrogen-bond donors (Lipinski definition) is 2. The Morgan fingerprint density at radius 3 is 2.54 bits per heavy atom. The van der Waals surface area contributed by atoms with E-state index < -0.39 is 10.0 Å². The van der Waals surface area contributed by atoms with Gasteiger partial charge in [-0.2, -0.15) is 0 Å². The fraction of sp³-hybridized carbons (Fsp3) is 0.625. The molecule has 0 saturated carbocycles. The summed E-state index contributed by atoms with van der Waals surface area (Å²) in [6.45, 7) is 4.31. The molecule has 1 heterocycles. The zero-order chi connectivity index (χ0) is 17.8. The standard InChI is InChI=1S/C16H25ClN2O4S/c1-12-8-14(23-3)13(17)9-15(12)24(20,21)19-10-16(11-22-2)4-6-18-7-5-16/h8-9,18-19H,4-7,10-11H2,1-3H3. The average molecular weight is 377 g/mol. The van der Waals surface area contributed by atoms with Gasteiger partial charge in [0.1, 0.15) is 5.75 Å². The quantitative estimate of drug-likeness (QED) is 0.760. The molecular formula is C16H25ClN2O4S. The molecule has 0 unspecified atom stereocenters. The first-order valence-electron chi connectivity index (χ1n) is 7.87. The highest BCUT2D eigenvalue weighted by atomic mass is 35.5. The van der Waals surface area contributed by atoms with Gasteiger partial charge in [0.2, 0.25) is 10.0 Å². The Morgan fingerprint density at radius 1 is 1.29 bits per heavy atom. The minimum atomic E-state index is -3.66. The highest BCUT2D eigenvalue weighted by molar-refractivity contribution is 7.89. The first-order chi connectivity index (χ1) is 11.3. The predicted octanol–water partition coefficient (Wildman–Crippen LogP) is 1.95. The zero-order valence-corrected chi connectivity index (χ0v) is 15.9. The molecule has 2 N–H and O–H groups in total. The molecule has 6 nitrogen and oxygen atoms in total. The smallest absolute Gasteiger partial charge is 0.240 e. The van der Waals surface area contributed by atoms with E-state index in [0.29, 0.717) is 24.5 Å². The summed E-state index contributed by atoms with van der Waals surface area (Å²) in [6.07, 6.45) is 1.73. The van der Waals surface area contributed by atoms with E-state index in [9.17, 15) is 8.42 Å². The van der Waals surface area contributed by atoms with Crippen molar-refractivity contribution in [1.82, 2.24) is 10.0 Å². The number of aryl methyl sites for hydroxylation is 1. The Hall–Kier alpha value is -0.860. The molecule has 1 aliphatic rings. The van der Waals surface area contributed by atoms with Gasteiger partial charge in [0.25, 0.3) is 0 Å². The predicted molar refractivity (Wildman–Crippen MR) is 94.3 cm³/mol. The molecule has 0 spiro atoms. The van der Waals surface area contributed by atoms with Gasteiger partial charge in [-0.1, -0.05) is 11.6 Å². The number of rotatable bonds is 7. The van der Waals surface area contributed by atoms with Crippen molar-refractivity contribution in [2.75, 3.05) is 40.5 Å². The highest BCUT2D eigenvalue weighted by Gasteiger charge is 2.34. The summed E-state index contributed by atoms with van der Waals surface area (Å²) in [7, 11) is -0.517. The van der Waals surface area contributed by atoms with Crippen LogP contribution in [0, 0.1) is 12.3 Å². The van der Waals surface area contributed by atoms with E-state index in [2.05, 4.69) is 10.0 Å². The van der Waals surface area contributed by atoms with Crippen molar-refractivity contribution in [3.8, 4) is 5.75 Å². The van der Waals surface area contributed by atoms with Gasteiger partial charge in [0, 0.05) is 19.1 Å². The lowest BCUT2D eigenvalue weighted by molar-refractivity contribution is 0.0577. The topological polar surface area (TPSA) is 76.7 Å². The Kier molecular flexibility index (Phi) is 6.50. The third kappa shape index (κ3) is 4.40. The minimum absolute atomic E-state index is 0.176. The van der Waals surface area contributed by atoms with Gasteiger partial charge in [-0.05, 0) is 50.6 Å². The summed E-state index contributed by atoms with van der Waals surface area (Å²) < 4.78 is 38.6. The van der Waals surface area contributed by atoms with Crippen LogP contribution in [0.25, 0.3) is 0 Å². The van der Waals surface area contributed by atoms with Gasteiger partial charge in [-0.3, -0.25) is 0 Å². The van der Waals surface area contributed by atoms with Crippen molar-refractivity contribution < 1.29 is 17.9 Å². The van der Waals surface area contributed by atoms with Crippen LogP contribution in [0.5, 0.6) is 5.75 Å². The van der Waals surface area contributed by atoms with E-state index >= 15 is 0 Å². The van der Waals surface area contributed by atoms with Crippen LogP contribution in [-0.2, 0) is 14.8 Å². The monoisotopic (exact) mass is 376 g/mol. The molecule has 0 bridgehead atoms. The fourth-order valence-electron chi connectivity index (χ4n) is 3.04. The summed E-state index contributed by atoms with van der Waals surface area (Å²) >= 11 is 6.09. The van der Waals surface area contributed by atoms with Crippen LogP contribution in [0.1, 0.15) is 18.4 Å². The van der Waals surface area contributed by atoms with Crippen molar-refractivity contribution >= 4 is 21.6 Å². The molecule has 24 heavy (non-hydrogen) atoms. The number of halogens is 1. The highest BCUT2D eigenvalue weighted by Crippen LogP contribution is 2.32. The molecule has 1 fully saturated rings. The van der Waals surface area contributed by atoms with Crippen molar-refractivity contribution in [2.24, 2.45) is 5.41 Å². The van der Waals surface area contributed by atoms with E-state index in [0.717, 1.165) is 25.9 Å². The second-order valence-electron chi connectivity index (χ2n) is 6.26. The van der Waals surface area contributed by atoms with Crippen LogP contribution < -0.4 is 14.8 Å². The maximum absolute atomic E-state index is 12.7. The van der Waals surface area contributed by atoms with E-state index in [-0.39, 0.29) is 15.3 Å². The number of sulfonamides is 1. The van der Waals surface area contributed by atoms with Gasteiger partial charge in [0.15, 0.2) is 0 Å². The molecular weight excluding hydrogens is 352 g/mol. The van der Waals surface area contributed by atoms with Crippen LogP contribution in [0.3, 0.4) is 0 Å². The maximum atomic E-state index is 12.7. The Bertz CT molecular complexity index is 667. The summed E-state index contributed by atoms with van der Waals surface area (Å²) in [6, 6.07) is 3.07. The number of benzene rings is 1. The van der Waals surface area contributed by atoms with Crippen molar-refractivity contribution in [3.63, 3.8) is 0 Å². The molecule has 0 radical (unpaired) electrons. The second kappa shape index (κ2) is 8.01. The van der Waals surface area contributed by atoms with E-state index in [1.54, 1.807) is 20.1 Å². The van der Waals surface area contributed by atoms with Gasteiger partial charge in [-0.25, -0.2) is 13.1 Å². The van der Waals surface area contributed by atoms with Crippen LogP contribution in [0.2, 0.25) is 5.02 Å². The largest absolute Gasteiger partial charge is 0.495 e. The molecule has 1 aliphatic heterocycles. The zero-order valence-electron chi connectivity index (χ0n) is 14.3. The minimum Gasteiger partial charge on any atom is -0.495 e. The van der Waals surface area contributed by atoms with Crippen molar-refractivity contribution in [3.05, 3.63) is 22.7 Å². The van der Waals surface area contributed by atoms with E-state index in [1.165, 1.54) is 13.2 Å². The fourth-order valence-corrected chi connectivity index (χ4v) is 4.76. The third-order valence-corrected chi connectivity index (χ3v) is 6.33. The lowest BCUT2D eigenvalue weighted by atomic mass is 9.80. The number of nitrogens with one attached hydrogen (secondary N) is 2. The van der Waals surface area contributed by atoms with Crippen molar-refractivity contribution in [1.29, 1.82) is 0 Å². The molecule has 1 saturated heterocycles. The number of ether oxygens (including phenoxy) is 2. The van der Waals surface area contributed by atoms with Crippen LogP contribution >= 0.6 is 11.6 Å². The van der Waals surface area contributed by atoms with Crippen LogP contribution in [0.4, 0.5) is 0 Å². The normalized spacial score (nSPS) is 17.7. The summed E-state index contributed by atoms with van der Waals surface area (Å²) in [4.78, 5) is 0.176. The van der Waals surface area contributed by atoms with E-state index in [4.69, 9.17) is 21.1 Å². The van der Waals surface area contributed by atoms with Gasteiger partial charge in [0.05, 0.1) is 23.6 Å². The molecule has 2 rings (SSSR count). The maximum Gasteiger partial charge on any atom is 0.240 e. The van der Waals surface area contributed by atoms with Crippen LogP contribution in [-0.4, -0.2) is 48.9 Å². The van der Waals surface area contributed by atoms with Gasteiger partial charge >= 0.3 is 0 Å². The molecule has 0 atom stereocenters. The molecule has 0 amide bonds. The number of hydrogen-bond acceptors (Lipinski definition) is 5. The number of methoxy groups -OCH3 is 2.